The predicted molar refractivity (Wildman–Crippen MR) is 162 cm³/mol. The molecule has 0 bridgehead atoms. The topological polar surface area (TPSA) is 115 Å². The standard InChI is InChI=1S/C31H37N9O2/c1-22-16-24(38-11-8-30(2,19-38)23-6-4-3-5-7-23)17-26(41)40(22)15-14-39-20-31(35-29(39)42)9-12-37(13-10-31)28-25-18-34-36-27(25)32-21-33-28/h3-7,16-18,21H,8-15,19-20H2,1-2H3,(H,35,42)(H,32,33,34,36)/t30-/m1/s1. The van der Waals surface area contributed by atoms with E-state index < -0.39 is 0 Å². The molecule has 3 aliphatic rings. The average molecular weight is 568 g/mol. The van der Waals surface area contributed by atoms with E-state index in [9.17, 15) is 9.59 Å². The molecule has 3 aliphatic heterocycles. The summed E-state index contributed by atoms with van der Waals surface area (Å²) in [7, 11) is 0. The van der Waals surface area contributed by atoms with Gasteiger partial charge in [0.15, 0.2) is 5.65 Å². The van der Waals surface area contributed by atoms with Gasteiger partial charge in [-0.25, -0.2) is 14.8 Å². The Hall–Kier alpha value is -4.41. The minimum absolute atomic E-state index is 0.0173. The molecule has 4 aromatic rings. The van der Waals surface area contributed by atoms with Crippen molar-refractivity contribution in [3.8, 4) is 0 Å². The molecule has 7 rings (SSSR count). The van der Waals surface area contributed by atoms with E-state index in [0.29, 0.717) is 19.6 Å². The van der Waals surface area contributed by atoms with Crippen LogP contribution >= 0.6 is 0 Å². The SMILES string of the molecule is Cc1cc(N2CC[C@@](C)(c3ccccc3)C2)cc(=O)n1CCN1CC2(CCN(c3ncnc4[nH]ncc34)CC2)NC1=O. The molecule has 11 heteroatoms. The van der Waals surface area contributed by atoms with Crippen LogP contribution in [0.1, 0.15) is 37.4 Å². The molecular weight excluding hydrogens is 530 g/mol. The first-order chi connectivity index (χ1) is 20.3. The number of benzene rings is 1. The Labute approximate surface area is 244 Å². The van der Waals surface area contributed by atoms with Crippen LogP contribution in [0, 0.1) is 6.92 Å². The Morgan fingerprint density at radius 3 is 2.50 bits per heavy atom. The Bertz CT molecular complexity index is 1670. The summed E-state index contributed by atoms with van der Waals surface area (Å²) < 4.78 is 1.79. The van der Waals surface area contributed by atoms with Gasteiger partial charge in [-0.2, -0.15) is 5.10 Å². The fourth-order valence-corrected chi connectivity index (χ4v) is 7.06. The van der Waals surface area contributed by atoms with E-state index >= 15 is 0 Å². The van der Waals surface area contributed by atoms with Gasteiger partial charge in [0, 0.05) is 68.7 Å². The minimum Gasteiger partial charge on any atom is -0.370 e. The maximum Gasteiger partial charge on any atom is 0.318 e. The van der Waals surface area contributed by atoms with E-state index in [1.165, 1.54) is 5.56 Å². The van der Waals surface area contributed by atoms with Crippen molar-refractivity contribution in [3.63, 3.8) is 0 Å². The molecule has 3 aromatic heterocycles. The van der Waals surface area contributed by atoms with Crippen LogP contribution in [-0.4, -0.2) is 80.5 Å². The molecule has 0 aliphatic carbocycles. The van der Waals surface area contributed by atoms with Crippen molar-refractivity contribution in [1.29, 1.82) is 0 Å². The number of hydrogen-bond donors (Lipinski definition) is 2. The maximum absolute atomic E-state index is 13.3. The smallest absolute Gasteiger partial charge is 0.318 e. The zero-order valence-corrected chi connectivity index (χ0v) is 24.2. The number of nitrogens with zero attached hydrogens (tertiary/aromatic N) is 7. The van der Waals surface area contributed by atoms with Crippen LogP contribution in [-0.2, 0) is 12.0 Å². The highest BCUT2D eigenvalue weighted by atomic mass is 16.2. The van der Waals surface area contributed by atoms with Gasteiger partial charge in [-0.1, -0.05) is 37.3 Å². The van der Waals surface area contributed by atoms with E-state index in [1.807, 2.05) is 11.8 Å². The summed E-state index contributed by atoms with van der Waals surface area (Å²) in [5.74, 6) is 0.877. The van der Waals surface area contributed by atoms with Crippen LogP contribution in [0.2, 0.25) is 0 Å². The number of pyridine rings is 1. The lowest BCUT2D eigenvalue weighted by molar-refractivity contribution is 0.215. The second kappa shape index (κ2) is 10.1. The number of urea groups is 1. The molecule has 2 amide bonds. The molecule has 3 fully saturated rings. The van der Waals surface area contributed by atoms with Gasteiger partial charge in [0.2, 0.25) is 0 Å². The van der Waals surface area contributed by atoms with Crippen molar-refractivity contribution in [3.05, 3.63) is 76.6 Å². The molecule has 1 aromatic carbocycles. The third kappa shape index (κ3) is 4.66. The van der Waals surface area contributed by atoms with Crippen molar-refractivity contribution >= 4 is 28.6 Å². The summed E-state index contributed by atoms with van der Waals surface area (Å²) >= 11 is 0. The fourth-order valence-electron chi connectivity index (χ4n) is 7.06. The minimum atomic E-state index is -0.263. The Kier molecular flexibility index (Phi) is 6.40. The van der Waals surface area contributed by atoms with Crippen LogP contribution in [0.3, 0.4) is 0 Å². The second-order valence-corrected chi connectivity index (χ2v) is 12.4. The molecule has 218 valence electrons. The molecule has 1 spiro atoms. The lowest BCUT2D eigenvalue weighted by atomic mass is 9.82. The lowest BCUT2D eigenvalue weighted by Crippen LogP contribution is -2.52. The van der Waals surface area contributed by atoms with Gasteiger partial charge < -0.3 is 24.6 Å². The number of hydrogen-bond acceptors (Lipinski definition) is 7. The zero-order valence-electron chi connectivity index (χ0n) is 24.2. The molecule has 0 radical (unpaired) electrons. The number of carbonyl (C=O) groups is 1. The molecular formula is C31H37N9O2. The largest absolute Gasteiger partial charge is 0.370 e. The maximum atomic E-state index is 13.3. The number of H-pyrrole nitrogens is 1. The summed E-state index contributed by atoms with van der Waals surface area (Å²) in [6.07, 6.45) is 6.02. The van der Waals surface area contributed by atoms with Crippen LogP contribution in [0.15, 0.2) is 59.8 Å². The number of nitrogens with one attached hydrogen (secondary N) is 2. The lowest BCUT2D eigenvalue weighted by Gasteiger charge is -2.39. The van der Waals surface area contributed by atoms with Gasteiger partial charge in [-0.3, -0.25) is 9.89 Å². The summed E-state index contributed by atoms with van der Waals surface area (Å²) in [5.41, 5.74) is 3.76. The quantitative estimate of drug-likeness (QED) is 0.368. The van der Waals surface area contributed by atoms with Crippen molar-refractivity contribution in [2.45, 2.75) is 50.6 Å². The molecule has 42 heavy (non-hydrogen) atoms. The van der Waals surface area contributed by atoms with Crippen LogP contribution < -0.4 is 20.7 Å². The van der Waals surface area contributed by atoms with Gasteiger partial charge in [0.25, 0.3) is 5.56 Å². The van der Waals surface area contributed by atoms with Crippen molar-refractivity contribution in [2.24, 2.45) is 0 Å². The molecule has 2 N–H and O–H groups in total. The molecule has 1 atom stereocenters. The number of amides is 2. The number of carbonyl (C=O) groups excluding carboxylic acids is 1. The molecule has 0 saturated carbocycles. The number of aryl methyl sites for hydroxylation is 1. The third-order valence-corrected chi connectivity index (χ3v) is 9.62. The zero-order chi connectivity index (χ0) is 28.9. The average Bonchev–Trinajstić information content (AvgIpc) is 3.71. The number of aromatic amines is 1. The van der Waals surface area contributed by atoms with E-state index in [2.05, 4.69) is 78.6 Å². The van der Waals surface area contributed by atoms with Gasteiger partial charge in [0.1, 0.15) is 12.1 Å². The van der Waals surface area contributed by atoms with Gasteiger partial charge >= 0.3 is 6.03 Å². The van der Waals surface area contributed by atoms with E-state index in [4.69, 9.17) is 0 Å². The molecule has 3 saturated heterocycles. The summed E-state index contributed by atoms with van der Waals surface area (Å²) in [4.78, 5) is 41.5. The Morgan fingerprint density at radius 2 is 1.71 bits per heavy atom. The van der Waals surface area contributed by atoms with E-state index in [-0.39, 0.29) is 22.5 Å². The van der Waals surface area contributed by atoms with Gasteiger partial charge in [-0.15, -0.1) is 0 Å². The molecule has 0 unspecified atom stereocenters. The Morgan fingerprint density at radius 1 is 0.929 bits per heavy atom. The van der Waals surface area contributed by atoms with E-state index in [0.717, 1.165) is 73.7 Å². The first kappa shape index (κ1) is 26.5. The predicted octanol–water partition coefficient (Wildman–Crippen LogP) is 3.06. The first-order valence-electron chi connectivity index (χ1n) is 14.8. The van der Waals surface area contributed by atoms with E-state index in [1.54, 1.807) is 23.2 Å². The number of fused-ring (bicyclic) bond motifs is 1. The number of aromatic nitrogens is 5. The second-order valence-electron chi connectivity index (χ2n) is 12.4. The number of piperidine rings is 1. The van der Waals surface area contributed by atoms with Crippen molar-refractivity contribution in [2.75, 3.05) is 49.1 Å². The first-order valence-corrected chi connectivity index (χ1v) is 14.8. The highest BCUT2D eigenvalue weighted by Crippen LogP contribution is 2.36. The number of anilines is 2. The van der Waals surface area contributed by atoms with Crippen LogP contribution in [0.4, 0.5) is 16.3 Å². The Balaban J connectivity index is 0.982. The number of rotatable bonds is 6. The highest BCUT2D eigenvalue weighted by molar-refractivity contribution is 5.86. The van der Waals surface area contributed by atoms with Crippen molar-refractivity contribution in [1.82, 2.24) is 34.9 Å². The summed E-state index contributed by atoms with van der Waals surface area (Å²) in [6, 6.07) is 14.5. The van der Waals surface area contributed by atoms with Crippen LogP contribution in [0.25, 0.3) is 11.0 Å². The normalized spacial score (nSPS) is 22.0. The molecule has 11 nitrogen and oxygen atoms in total. The fraction of sp³-hybridized carbons (Fsp3) is 0.452. The van der Waals surface area contributed by atoms with Crippen molar-refractivity contribution < 1.29 is 4.79 Å². The highest BCUT2D eigenvalue weighted by Gasteiger charge is 2.44. The summed E-state index contributed by atoms with van der Waals surface area (Å²) in [5, 5.41) is 11.2. The third-order valence-electron chi connectivity index (χ3n) is 9.62. The monoisotopic (exact) mass is 567 g/mol. The molecule has 6 heterocycles. The van der Waals surface area contributed by atoms with Gasteiger partial charge in [0.05, 0.1) is 17.1 Å². The summed E-state index contributed by atoms with van der Waals surface area (Å²) in [6.45, 7) is 9.28. The van der Waals surface area contributed by atoms with Crippen LogP contribution in [0.5, 0.6) is 0 Å². The van der Waals surface area contributed by atoms with Gasteiger partial charge in [-0.05, 0) is 37.8 Å².